The molecule has 1 aromatic heterocycles. The van der Waals surface area contributed by atoms with Crippen molar-refractivity contribution in [3.63, 3.8) is 0 Å². The predicted molar refractivity (Wildman–Crippen MR) is 64.4 cm³/mol. The summed E-state index contributed by atoms with van der Waals surface area (Å²) < 4.78 is 14.3. The van der Waals surface area contributed by atoms with E-state index < -0.39 is 6.04 Å². The van der Waals surface area contributed by atoms with Crippen LogP contribution >= 0.6 is 27.3 Å². The number of nitrogens with two attached hydrogens (primary N) is 1. The van der Waals surface area contributed by atoms with E-state index in [0.717, 1.165) is 5.56 Å². The molecule has 0 saturated carbocycles. The Morgan fingerprint density at radius 2 is 2.13 bits per heavy atom. The van der Waals surface area contributed by atoms with Gasteiger partial charge in [-0.05, 0) is 34.5 Å². The van der Waals surface area contributed by atoms with Crippen LogP contribution in [0.15, 0.2) is 39.5 Å². The molecule has 0 bridgehead atoms. The number of rotatable bonds is 2. The first kappa shape index (κ1) is 10.8. The molecular formula is C11H9BrFNS. The number of benzene rings is 1. The molecule has 1 unspecified atom stereocenters. The van der Waals surface area contributed by atoms with E-state index in [1.165, 1.54) is 6.07 Å². The summed E-state index contributed by atoms with van der Waals surface area (Å²) >= 11 is 4.87. The second kappa shape index (κ2) is 4.43. The Morgan fingerprint density at radius 3 is 2.73 bits per heavy atom. The van der Waals surface area contributed by atoms with Crippen LogP contribution < -0.4 is 5.73 Å². The van der Waals surface area contributed by atoms with Crippen molar-refractivity contribution in [1.29, 1.82) is 0 Å². The maximum atomic E-state index is 13.6. The third-order valence-corrected chi connectivity index (χ3v) is 3.61. The molecule has 4 heteroatoms. The summed E-state index contributed by atoms with van der Waals surface area (Å²) in [5.74, 6) is -0.275. The summed E-state index contributed by atoms with van der Waals surface area (Å²) in [4.78, 5) is 0. The third kappa shape index (κ3) is 2.12. The fourth-order valence-corrected chi connectivity index (χ4v) is 2.71. The monoisotopic (exact) mass is 285 g/mol. The van der Waals surface area contributed by atoms with E-state index in [0.29, 0.717) is 10.0 Å². The Balaban J connectivity index is 2.46. The molecule has 0 amide bonds. The van der Waals surface area contributed by atoms with Crippen LogP contribution in [-0.4, -0.2) is 0 Å². The summed E-state index contributed by atoms with van der Waals surface area (Å²) in [5, 5.41) is 3.87. The molecule has 0 saturated heterocycles. The topological polar surface area (TPSA) is 26.0 Å². The minimum atomic E-state index is -0.410. The number of thiophene rings is 1. The van der Waals surface area contributed by atoms with E-state index in [9.17, 15) is 4.39 Å². The predicted octanol–water partition coefficient (Wildman–Crippen LogP) is 3.70. The van der Waals surface area contributed by atoms with Crippen molar-refractivity contribution in [3.8, 4) is 0 Å². The van der Waals surface area contributed by atoms with Crippen LogP contribution in [0.2, 0.25) is 0 Å². The second-order valence-electron chi connectivity index (χ2n) is 3.17. The van der Waals surface area contributed by atoms with E-state index in [1.807, 2.05) is 16.8 Å². The Hall–Kier alpha value is -0.710. The minimum absolute atomic E-state index is 0.275. The molecule has 2 rings (SSSR count). The molecule has 1 heterocycles. The highest BCUT2D eigenvalue weighted by atomic mass is 79.9. The lowest BCUT2D eigenvalue weighted by atomic mass is 10.0. The van der Waals surface area contributed by atoms with Crippen LogP contribution in [0.1, 0.15) is 17.2 Å². The van der Waals surface area contributed by atoms with Gasteiger partial charge in [-0.1, -0.05) is 22.0 Å². The third-order valence-electron chi connectivity index (χ3n) is 2.21. The number of hydrogen-bond acceptors (Lipinski definition) is 2. The molecule has 15 heavy (non-hydrogen) atoms. The highest BCUT2D eigenvalue weighted by Crippen LogP contribution is 2.29. The van der Waals surface area contributed by atoms with Crippen molar-refractivity contribution in [2.75, 3.05) is 0 Å². The van der Waals surface area contributed by atoms with Gasteiger partial charge < -0.3 is 5.73 Å². The van der Waals surface area contributed by atoms with Crippen LogP contribution in [0.25, 0.3) is 0 Å². The van der Waals surface area contributed by atoms with Gasteiger partial charge in [0.2, 0.25) is 0 Å². The lowest BCUT2D eigenvalue weighted by Gasteiger charge is -2.13. The van der Waals surface area contributed by atoms with Crippen LogP contribution in [0.3, 0.4) is 0 Å². The Morgan fingerprint density at radius 1 is 1.33 bits per heavy atom. The minimum Gasteiger partial charge on any atom is -0.320 e. The van der Waals surface area contributed by atoms with Gasteiger partial charge in [-0.15, -0.1) is 0 Å². The molecule has 1 aromatic carbocycles. The fraction of sp³-hybridized carbons (Fsp3) is 0.0909. The zero-order valence-corrected chi connectivity index (χ0v) is 10.2. The van der Waals surface area contributed by atoms with Crippen molar-refractivity contribution >= 4 is 27.3 Å². The van der Waals surface area contributed by atoms with Gasteiger partial charge in [0, 0.05) is 10.0 Å². The molecular weight excluding hydrogens is 277 g/mol. The first-order valence-electron chi connectivity index (χ1n) is 4.41. The molecule has 2 aromatic rings. The summed E-state index contributed by atoms with van der Waals surface area (Å²) in [6, 6.07) is 6.38. The lowest BCUT2D eigenvalue weighted by Crippen LogP contribution is -2.13. The summed E-state index contributed by atoms with van der Waals surface area (Å²) in [6.07, 6.45) is 0. The van der Waals surface area contributed by atoms with Crippen LogP contribution in [0, 0.1) is 5.82 Å². The molecule has 0 fully saturated rings. The Bertz CT molecular complexity index is 435. The van der Waals surface area contributed by atoms with Crippen LogP contribution in [0.5, 0.6) is 0 Å². The molecule has 1 atom stereocenters. The highest BCUT2D eigenvalue weighted by Gasteiger charge is 2.16. The normalized spacial score (nSPS) is 12.7. The Labute approximate surface area is 99.9 Å². The van der Waals surface area contributed by atoms with Gasteiger partial charge in [-0.2, -0.15) is 11.3 Å². The standard InChI is InChI=1S/C11H9BrFNS/c12-8-2-1-3-9(13)10(8)11(14)7-4-5-15-6-7/h1-6,11H,14H2. The highest BCUT2D eigenvalue weighted by molar-refractivity contribution is 9.10. The number of halogens is 2. The second-order valence-corrected chi connectivity index (χ2v) is 4.80. The van der Waals surface area contributed by atoms with Gasteiger partial charge in [-0.3, -0.25) is 0 Å². The zero-order chi connectivity index (χ0) is 10.8. The quantitative estimate of drug-likeness (QED) is 0.895. The Kier molecular flexibility index (Phi) is 3.19. The van der Waals surface area contributed by atoms with E-state index >= 15 is 0 Å². The maximum Gasteiger partial charge on any atom is 0.129 e. The number of hydrogen-bond donors (Lipinski definition) is 1. The average Bonchev–Trinajstić information content (AvgIpc) is 2.69. The van der Waals surface area contributed by atoms with Crippen molar-refractivity contribution in [1.82, 2.24) is 0 Å². The van der Waals surface area contributed by atoms with Gasteiger partial charge in [0.15, 0.2) is 0 Å². The van der Waals surface area contributed by atoms with Gasteiger partial charge in [0.05, 0.1) is 6.04 Å². The van der Waals surface area contributed by atoms with Crippen LogP contribution in [0.4, 0.5) is 4.39 Å². The van der Waals surface area contributed by atoms with Gasteiger partial charge in [-0.25, -0.2) is 4.39 Å². The molecule has 78 valence electrons. The summed E-state index contributed by atoms with van der Waals surface area (Å²) in [7, 11) is 0. The lowest BCUT2D eigenvalue weighted by molar-refractivity contribution is 0.598. The smallest absolute Gasteiger partial charge is 0.129 e. The van der Waals surface area contributed by atoms with E-state index in [1.54, 1.807) is 23.5 Å². The largest absolute Gasteiger partial charge is 0.320 e. The van der Waals surface area contributed by atoms with Gasteiger partial charge in [0.1, 0.15) is 5.82 Å². The van der Waals surface area contributed by atoms with E-state index in [-0.39, 0.29) is 5.82 Å². The molecule has 2 N–H and O–H groups in total. The molecule has 0 aliphatic rings. The molecule has 0 radical (unpaired) electrons. The van der Waals surface area contributed by atoms with E-state index in [2.05, 4.69) is 15.9 Å². The van der Waals surface area contributed by atoms with Crippen molar-refractivity contribution in [2.24, 2.45) is 5.73 Å². The molecule has 0 aliphatic carbocycles. The fourth-order valence-electron chi connectivity index (χ4n) is 1.43. The van der Waals surface area contributed by atoms with Crippen molar-refractivity contribution in [3.05, 3.63) is 56.4 Å². The molecule has 0 aliphatic heterocycles. The summed E-state index contributed by atoms with van der Waals surface area (Å²) in [6.45, 7) is 0. The first-order chi connectivity index (χ1) is 7.20. The zero-order valence-electron chi connectivity index (χ0n) is 7.78. The molecule has 1 nitrogen and oxygen atoms in total. The van der Waals surface area contributed by atoms with Crippen molar-refractivity contribution in [2.45, 2.75) is 6.04 Å². The maximum absolute atomic E-state index is 13.6. The van der Waals surface area contributed by atoms with E-state index in [4.69, 9.17) is 5.73 Å². The van der Waals surface area contributed by atoms with Crippen LogP contribution in [-0.2, 0) is 0 Å². The first-order valence-corrected chi connectivity index (χ1v) is 6.15. The van der Waals surface area contributed by atoms with Gasteiger partial charge >= 0.3 is 0 Å². The summed E-state index contributed by atoms with van der Waals surface area (Å²) in [5.41, 5.74) is 7.45. The van der Waals surface area contributed by atoms with Gasteiger partial charge in [0.25, 0.3) is 0 Å². The SMILES string of the molecule is NC(c1ccsc1)c1c(F)cccc1Br. The molecule has 0 spiro atoms. The average molecular weight is 286 g/mol. The van der Waals surface area contributed by atoms with Crippen molar-refractivity contribution < 1.29 is 4.39 Å².